The molecule has 0 aromatic carbocycles. The highest BCUT2D eigenvalue weighted by Crippen LogP contribution is 2.35. The number of likely N-dealkylation sites (tertiary alicyclic amines) is 1. The molecule has 3 rings (SSSR count). The van der Waals surface area contributed by atoms with E-state index in [9.17, 15) is 19.7 Å². The Morgan fingerprint density at radius 2 is 2.04 bits per heavy atom. The van der Waals surface area contributed by atoms with Crippen molar-refractivity contribution in [3.8, 4) is 0 Å². The van der Waals surface area contributed by atoms with Gasteiger partial charge in [-0.2, -0.15) is 0 Å². The van der Waals surface area contributed by atoms with E-state index < -0.39 is 22.1 Å². The number of aromatic nitrogens is 1. The van der Waals surface area contributed by atoms with Crippen LogP contribution in [0.15, 0.2) is 12.3 Å². The summed E-state index contributed by atoms with van der Waals surface area (Å²) in [6, 6.07) is 1.34. The Bertz CT molecular complexity index is 775. The quantitative estimate of drug-likeness (QED) is 0.632. The van der Waals surface area contributed by atoms with Crippen molar-refractivity contribution < 1.29 is 19.2 Å². The smallest absolute Gasteiger partial charge is 0.410 e. The average molecular weight is 363 g/mol. The molecule has 2 aliphatic heterocycles. The van der Waals surface area contributed by atoms with Crippen LogP contribution in [0.2, 0.25) is 0 Å². The minimum absolute atomic E-state index is 0.0159. The van der Waals surface area contributed by atoms with Gasteiger partial charge in [0.15, 0.2) is 0 Å². The Kier molecular flexibility index (Phi) is 4.21. The van der Waals surface area contributed by atoms with Crippen LogP contribution in [0.3, 0.4) is 0 Å². The summed E-state index contributed by atoms with van der Waals surface area (Å²) in [6.45, 7) is 6.45. The molecule has 10 heteroatoms. The molecule has 1 aromatic heterocycles. The third kappa shape index (κ3) is 3.26. The number of amides is 2. The predicted octanol–water partition coefficient (Wildman–Crippen LogP) is 1.29. The first kappa shape index (κ1) is 17.9. The van der Waals surface area contributed by atoms with E-state index in [0.717, 1.165) is 12.6 Å². The van der Waals surface area contributed by atoms with Gasteiger partial charge >= 0.3 is 6.09 Å². The molecule has 26 heavy (non-hydrogen) atoms. The number of fused-ring (bicyclic) bond motifs is 2. The van der Waals surface area contributed by atoms with Crippen LogP contribution in [0.4, 0.5) is 16.3 Å². The van der Waals surface area contributed by atoms with Gasteiger partial charge in [0.1, 0.15) is 23.2 Å². The minimum Gasteiger partial charge on any atom is -0.444 e. The fourth-order valence-electron chi connectivity index (χ4n) is 3.43. The van der Waals surface area contributed by atoms with Crippen molar-refractivity contribution in [3.05, 3.63) is 27.9 Å². The Balaban J connectivity index is 1.77. The first-order valence-corrected chi connectivity index (χ1v) is 8.27. The molecule has 2 fully saturated rings. The molecule has 0 unspecified atom stereocenters. The Morgan fingerprint density at radius 3 is 2.54 bits per heavy atom. The van der Waals surface area contributed by atoms with E-state index in [-0.39, 0.29) is 23.7 Å². The van der Waals surface area contributed by atoms with E-state index in [1.54, 1.807) is 4.90 Å². The second-order valence-corrected chi connectivity index (χ2v) is 7.51. The molecule has 0 spiro atoms. The van der Waals surface area contributed by atoms with Crippen LogP contribution in [-0.2, 0) is 4.74 Å². The minimum atomic E-state index is -0.875. The van der Waals surface area contributed by atoms with E-state index >= 15 is 0 Å². The molecule has 2 saturated heterocycles. The van der Waals surface area contributed by atoms with Gasteiger partial charge < -0.3 is 20.3 Å². The second kappa shape index (κ2) is 6.11. The summed E-state index contributed by atoms with van der Waals surface area (Å²) in [4.78, 5) is 41.9. The summed E-state index contributed by atoms with van der Waals surface area (Å²) >= 11 is 0. The average Bonchev–Trinajstić information content (AvgIpc) is 3.12. The van der Waals surface area contributed by atoms with Crippen LogP contribution in [0, 0.1) is 10.1 Å². The zero-order valence-corrected chi connectivity index (χ0v) is 14.8. The van der Waals surface area contributed by atoms with E-state index in [1.165, 1.54) is 6.07 Å². The standard InChI is InChI=1S/C16H21N5O5/c1-16(2,3)26-15(23)20-8-9-4-10(20)7-19(9)13-5-11(14(17)22)12(6-18-13)21(24)25/h5-6,9-10H,4,7-8H2,1-3H3,(H2,17,22)/t9-,10-/m0/s1. The van der Waals surface area contributed by atoms with Gasteiger partial charge in [0.2, 0.25) is 0 Å². The van der Waals surface area contributed by atoms with Gasteiger partial charge in [0.25, 0.3) is 11.6 Å². The third-order valence-corrected chi connectivity index (χ3v) is 4.49. The molecule has 10 nitrogen and oxygen atoms in total. The molecule has 0 aliphatic carbocycles. The third-order valence-electron chi connectivity index (χ3n) is 4.49. The molecule has 3 heterocycles. The monoisotopic (exact) mass is 363 g/mol. The van der Waals surface area contributed by atoms with E-state index in [0.29, 0.717) is 18.9 Å². The van der Waals surface area contributed by atoms with Crippen LogP contribution >= 0.6 is 0 Å². The first-order valence-electron chi connectivity index (χ1n) is 8.27. The Morgan fingerprint density at radius 1 is 1.35 bits per heavy atom. The molecule has 0 radical (unpaired) electrons. The van der Waals surface area contributed by atoms with Crippen molar-refractivity contribution in [2.75, 3.05) is 18.0 Å². The number of carbonyl (C=O) groups excluding carboxylic acids is 2. The summed E-state index contributed by atoms with van der Waals surface area (Å²) < 4.78 is 5.42. The highest BCUT2D eigenvalue weighted by atomic mass is 16.6. The summed E-state index contributed by atoms with van der Waals surface area (Å²) in [7, 11) is 0. The van der Waals surface area contributed by atoms with Crippen molar-refractivity contribution in [1.82, 2.24) is 9.88 Å². The number of hydrogen-bond acceptors (Lipinski definition) is 7. The zero-order chi connectivity index (χ0) is 19.2. The van der Waals surface area contributed by atoms with Crippen molar-refractivity contribution >= 4 is 23.5 Å². The van der Waals surface area contributed by atoms with Crippen molar-refractivity contribution in [3.63, 3.8) is 0 Å². The number of nitrogens with two attached hydrogens (primary N) is 1. The Labute approximate surface area is 150 Å². The number of ether oxygens (including phenoxy) is 1. The molecule has 2 amide bonds. The van der Waals surface area contributed by atoms with Crippen LogP contribution < -0.4 is 10.6 Å². The van der Waals surface area contributed by atoms with Crippen molar-refractivity contribution in [2.45, 2.75) is 44.9 Å². The van der Waals surface area contributed by atoms with Gasteiger partial charge in [0.05, 0.1) is 17.0 Å². The van der Waals surface area contributed by atoms with Crippen LogP contribution in [0.25, 0.3) is 0 Å². The molecule has 2 N–H and O–H groups in total. The largest absolute Gasteiger partial charge is 0.444 e. The number of piperazine rings is 1. The Hall–Kier alpha value is -2.91. The van der Waals surface area contributed by atoms with Gasteiger partial charge in [-0.1, -0.05) is 0 Å². The highest BCUT2D eigenvalue weighted by Gasteiger charge is 2.47. The second-order valence-electron chi connectivity index (χ2n) is 7.51. The summed E-state index contributed by atoms with van der Waals surface area (Å²) in [5, 5.41) is 11.0. The lowest BCUT2D eigenvalue weighted by Gasteiger charge is -2.35. The van der Waals surface area contributed by atoms with Gasteiger partial charge in [-0.15, -0.1) is 0 Å². The van der Waals surface area contributed by atoms with E-state index in [4.69, 9.17) is 10.5 Å². The van der Waals surface area contributed by atoms with Gasteiger partial charge in [-0.25, -0.2) is 9.78 Å². The fourth-order valence-corrected chi connectivity index (χ4v) is 3.43. The molecule has 2 bridgehead atoms. The van der Waals surface area contributed by atoms with Crippen molar-refractivity contribution in [1.29, 1.82) is 0 Å². The summed E-state index contributed by atoms with van der Waals surface area (Å²) in [5.74, 6) is -0.430. The molecule has 140 valence electrons. The zero-order valence-electron chi connectivity index (χ0n) is 14.8. The molecular weight excluding hydrogens is 342 g/mol. The van der Waals surface area contributed by atoms with Crippen molar-refractivity contribution in [2.24, 2.45) is 5.73 Å². The number of nitro groups is 1. The fraction of sp³-hybridized carbons (Fsp3) is 0.562. The normalized spacial score (nSPS) is 21.8. The highest BCUT2D eigenvalue weighted by molar-refractivity contribution is 5.97. The van der Waals surface area contributed by atoms with Crippen LogP contribution in [0.1, 0.15) is 37.6 Å². The van der Waals surface area contributed by atoms with Crippen LogP contribution in [-0.4, -0.2) is 57.6 Å². The number of pyridine rings is 1. The molecule has 2 aliphatic rings. The topological polar surface area (TPSA) is 132 Å². The van der Waals surface area contributed by atoms with Gasteiger partial charge in [0, 0.05) is 19.2 Å². The predicted molar refractivity (Wildman–Crippen MR) is 91.9 cm³/mol. The first-order chi connectivity index (χ1) is 12.1. The SMILES string of the molecule is CC(C)(C)OC(=O)N1C[C@@H]2C[C@H]1CN2c1cc(C(N)=O)c([N+](=O)[O-])cn1. The van der Waals surface area contributed by atoms with Gasteiger partial charge in [-0.3, -0.25) is 14.9 Å². The lowest BCUT2D eigenvalue weighted by molar-refractivity contribution is -0.385. The molecular formula is C16H21N5O5. The number of primary amides is 1. The van der Waals surface area contributed by atoms with Gasteiger partial charge in [-0.05, 0) is 27.2 Å². The van der Waals surface area contributed by atoms with E-state index in [1.807, 2.05) is 25.7 Å². The van der Waals surface area contributed by atoms with Crippen LogP contribution in [0.5, 0.6) is 0 Å². The summed E-state index contributed by atoms with van der Waals surface area (Å²) in [5.41, 5.74) is 4.11. The molecule has 1 aromatic rings. The number of nitrogens with zero attached hydrogens (tertiary/aromatic N) is 4. The number of carbonyl (C=O) groups is 2. The van der Waals surface area contributed by atoms with E-state index in [2.05, 4.69) is 4.98 Å². The molecule has 2 atom stereocenters. The maximum Gasteiger partial charge on any atom is 0.410 e. The lowest BCUT2D eigenvalue weighted by atomic mass is 10.2. The molecule has 0 saturated carbocycles. The maximum absolute atomic E-state index is 12.3. The number of rotatable bonds is 3. The lowest BCUT2D eigenvalue weighted by Crippen LogP contribution is -2.50. The summed E-state index contributed by atoms with van der Waals surface area (Å²) in [6.07, 6.45) is 1.45. The number of anilines is 1. The number of hydrogen-bond donors (Lipinski definition) is 1. The maximum atomic E-state index is 12.3.